The topological polar surface area (TPSA) is 64.6 Å². The summed E-state index contributed by atoms with van der Waals surface area (Å²) in [6.07, 6.45) is 1.67. The van der Waals surface area contributed by atoms with E-state index in [0.717, 1.165) is 26.1 Å². The summed E-state index contributed by atoms with van der Waals surface area (Å²) in [6.45, 7) is 5.95. The number of amides is 1. The number of rotatable bonds is 10. The van der Waals surface area contributed by atoms with E-state index in [9.17, 15) is 4.79 Å². The molecule has 0 fully saturated rings. The summed E-state index contributed by atoms with van der Waals surface area (Å²) in [6, 6.07) is 0. The maximum absolute atomic E-state index is 11.5. The third-order valence-corrected chi connectivity index (χ3v) is 2.24. The van der Waals surface area contributed by atoms with Crippen LogP contribution in [0.4, 0.5) is 0 Å². The molecule has 3 N–H and O–H groups in total. The van der Waals surface area contributed by atoms with Crippen molar-refractivity contribution < 1.29 is 9.90 Å². The van der Waals surface area contributed by atoms with Crippen LogP contribution >= 0.6 is 0 Å². The Morgan fingerprint density at radius 1 is 1.31 bits per heavy atom. The van der Waals surface area contributed by atoms with E-state index in [2.05, 4.69) is 22.5 Å². The first kappa shape index (κ1) is 15.3. The molecule has 0 aliphatic heterocycles. The van der Waals surface area contributed by atoms with Crippen molar-refractivity contribution >= 4 is 5.91 Å². The van der Waals surface area contributed by atoms with Gasteiger partial charge in [0.2, 0.25) is 5.91 Å². The van der Waals surface area contributed by atoms with Crippen molar-refractivity contribution in [1.82, 2.24) is 15.5 Å². The van der Waals surface area contributed by atoms with E-state index < -0.39 is 0 Å². The van der Waals surface area contributed by atoms with Gasteiger partial charge in [-0.25, -0.2) is 0 Å². The van der Waals surface area contributed by atoms with Gasteiger partial charge in [-0.05, 0) is 26.4 Å². The molecule has 0 radical (unpaired) electrons. The van der Waals surface area contributed by atoms with Gasteiger partial charge in [-0.1, -0.05) is 6.92 Å². The molecule has 0 aromatic carbocycles. The van der Waals surface area contributed by atoms with Crippen LogP contribution in [-0.2, 0) is 4.79 Å². The molecule has 0 bridgehead atoms. The quantitative estimate of drug-likeness (QED) is 0.440. The van der Waals surface area contributed by atoms with Gasteiger partial charge in [0.15, 0.2) is 0 Å². The van der Waals surface area contributed by atoms with Crippen LogP contribution in [0.2, 0.25) is 0 Å². The number of carbonyl (C=O) groups is 1. The Kier molecular flexibility index (Phi) is 10.4. The van der Waals surface area contributed by atoms with Crippen molar-refractivity contribution in [2.45, 2.75) is 19.8 Å². The summed E-state index contributed by atoms with van der Waals surface area (Å²) in [5.41, 5.74) is 0. The lowest BCUT2D eigenvalue weighted by Crippen LogP contribution is -2.40. The second-order valence-electron chi connectivity index (χ2n) is 3.81. The lowest BCUT2D eigenvalue weighted by atomic mass is 10.3. The first-order valence-corrected chi connectivity index (χ1v) is 5.99. The molecular weight excluding hydrogens is 206 g/mol. The number of likely N-dealkylation sites (N-methyl/N-ethyl adjacent to an activating group) is 1. The van der Waals surface area contributed by atoms with Gasteiger partial charge >= 0.3 is 0 Å². The lowest BCUT2D eigenvalue weighted by Gasteiger charge is -2.20. The minimum atomic E-state index is 0.0398. The second-order valence-corrected chi connectivity index (χ2v) is 3.81. The minimum Gasteiger partial charge on any atom is -0.396 e. The summed E-state index contributed by atoms with van der Waals surface area (Å²) in [7, 11) is 1.91. The average Bonchev–Trinajstić information content (AvgIpc) is 2.26. The second kappa shape index (κ2) is 10.9. The van der Waals surface area contributed by atoms with E-state index in [4.69, 9.17) is 5.11 Å². The predicted molar refractivity (Wildman–Crippen MR) is 65.4 cm³/mol. The van der Waals surface area contributed by atoms with Gasteiger partial charge < -0.3 is 15.7 Å². The van der Waals surface area contributed by atoms with E-state index in [1.54, 1.807) is 0 Å². The summed E-state index contributed by atoms with van der Waals surface area (Å²) in [5, 5.41) is 14.5. The van der Waals surface area contributed by atoms with Crippen LogP contribution in [0.1, 0.15) is 19.8 Å². The van der Waals surface area contributed by atoms with E-state index >= 15 is 0 Å². The molecule has 0 unspecified atom stereocenters. The number of nitrogens with one attached hydrogen (secondary N) is 2. The molecule has 0 rings (SSSR count). The van der Waals surface area contributed by atoms with Gasteiger partial charge in [-0.2, -0.15) is 0 Å². The Balaban J connectivity index is 3.73. The van der Waals surface area contributed by atoms with Gasteiger partial charge in [-0.3, -0.25) is 9.69 Å². The predicted octanol–water partition coefficient (Wildman–Crippen LogP) is -0.584. The number of hydrogen-bond donors (Lipinski definition) is 3. The fourth-order valence-electron chi connectivity index (χ4n) is 1.42. The van der Waals surface area contributed by atoms with E-state index in [1.165, 1.54) is 0 Å². The summed E-state index contributed by atoms with van der Waals surface area (Å²) in [5.74, 6) is 0.0398. The molecule has 96 valence electrons. The summed E-state index contributed by atoms with van der Waals surface area (Å²) < 4.78 is 0. The zero-order chi connectivity index (χ0) is 12.2. The SMILES string of the molecule is CCCN(CCNC)CC(=O)NCCCO. The maximum Gasteiger partial charge on any atom is 0.234 e. The number of carbonyl (C=O) groups excluding carboxylic acids is 1. The molecule has 0 aliphatic carbocycles. The van der Waals surface area contributed by atoms with Crippen LogP contribution < -0.4 is 10.6 Å². The molecular formula is C11H25N3O2. The number of aliphatic hydroxyl groups excluding tert-OH is 1. The van der Waals surface area contributed by atoms with Gasteiger partial charge in [0.1, 0.15) is 0 Å². The molecule has 0 spiro atoms. The molecule has 0 aromatic rings. The van der Waals surface area contributed by atoms with Crippen molar-refractivity contribution in [3.05, 3.63) is 0 Å². The largest absolute Gasteiger partial charge is 0.396 e. The van der Waals surface area contributed by atoms with E-state index in [1.807, 2.05) is 7.05 Å². The van der Waals surface area contributed by atoms with Crippen molar-refractivity contribution in [3.8, 4) is 0 Å². The van der Waals surface area contributed by atoms with E-state index in [-0.39, 0.29) is 12.5 Å². The molecule has 5 heteroatoms. The molecule has 0 aromatic heterocycles. The van der Waals surface area contributed by atoms with Crippen molar-refractivity contribution in [3.63, 3.8) is 0 Å². The molecule has 5 nitrogen and oxygen atoms in total. The van der Waals surface area contributed by atoms with Crippen LogP contribution in [0.3, 0.4) is 0 Å². The van der Waals surface area contributed by atoms with Gasteiger partial charge in [-0.15, -0.1) is 0 Å². The van der Waals surface area contributed by atoms with Gasteiger partial charge in [0.25, 0.3) is 0 Å². The van der Waals surface area contributed by atoms with E-state index in [0.29, 0.717) is 19.5 Å². The zero-order valence-electron chi connectivity index (χ0n) is 10.5. The molecule has 0 aliphatic rings. The highest BCUT2D eigenvalue weighted by molar-refractivity contribution is 5.77. The third kappa shape index (κ3) is 8.64. The molecule has 0 saturated heterocycles. The standard InChI is InChI=1S/C11H25N3O2/c1-3-7-14(8-6-12-2)10-11(16)13-5-4-9-15/h12,15H,3-10H2,1-2H3,(H,13,16). The highest BCUT2D eigenvalue weighted by atomic mass is 16.3. The Hall–Kier alpha value is -0.650. The van der Waals surface area contributed by atoms with Crippen LogP contribution in [0.5, 0.6) is 0 Å². The monoisotopic (exact) mass is 231 g/mol. The third-order valence-electron chi connectivity index (χ3n) is 2.24. The smallest absolute Gasteiger partial charge is 0.234 e. The highest BCUT2D eigenvalue weighted by Crippen LogP contribution is 1.90. The number of aliphatic hydroxyl groups is 1. The van der Waals surface area contributed by atoms with Crippen molar-refractivity contribution in [2.75, 3.05) is 46.4 Å². The Labute approximate surface area is 98.2 Å². The molecule has 16 heavy (non-hydrogen) atoms. The highest BCUT2D eigenvalue weighted by Gasteiger charge is 2.08. The first-order chi connectivity index (χ1) is 7.74. The van der Waals surface area contributed by atoms with Gasteiger partial charge in [0, 0.05) is 26.2 Å². The first-order valence-electron chi connectivity index (χ1n) is 5.99. The minimum absolute atomic E-state index is 0.0398. The molecule has 0 heterocycles. The number of hydrogen-bond acceptors (Lipinski definition) is 4. The van der Waals surface area contributed by atoms with Crippen molar-refractivity contribution in [2.24, 2.45) is 0 Å². The van der Waals surface area contributed by atoms with Crippen molar-refractivity contribution in [1.29, 1.82) is 0 Å². The summed E-state index contributed by atoms with van der Waals surface area (Å²) in [4.78, 5) is 13.6. The van der Waals surface area contributed by atoms with Gasteiger partial charge in [0.05, 0.1) is 6.54 Å². The Morgan fingerprint density at radius 3 is 2.62 bits per heavy atom. The van der Waals surface area contributed by atoms with Crippen LogP contribution in [0.25, 0.3) is 0 Å². The summed E-state index contributed by atoms with van der Waals surface area (Å²) >= 11 is 0. The van der Waals surface area contributed by atoms with Crippen LogP contribution in [0.15, 0.2) is 0 Å². The zero-order valence-corrected chi connectivity index (χ0v) is 10.5. The Bertz CT molecular complexity index is 177. The van der Waals surface area contributed by atoms with Crippen LogP contribution in [0, 0.1) is 0 Å². The molecule has 0 saturated carbocycles. The van der Waals surface area contributed by atoms with Crippen LogP contribution in [-0.4, -0.2) is 62.3 Å². The number of nitrogens with zero attached hydrogens (tertiary/aromatic N) is 1. The molecule has 1 amide bonds. The average molecular weight is 231 g/mol. The lowest BCUT2D eigenvalue weighted by molar-refractivity contribution is -0.122. The normalized spacial score (nSPS) is 10.8. The fourth-order valence-corrected chi connectivity index (χ4v) is 1.42. The maximum atomic E-state index is 11.5. The fraction of sp³-hybridized carbons (Fsp3) is 0.909. The molecule has 0 atom stereocenters. The Morgan fingerprint density at radius 2 is 2.06 bits per heavy atom.